The summed E-state index contributed by atoms with van der Waals surface area (Å²) >= 11 is 6.00. The lowest BCUT2D eigenvalue weighted by Crippen LogP contribution is -2.45. The van der Waals surface area contributed by atoms with Gasteiger partial charge in [-0.15, -0.1) is 0 Å². The summed E-state index contributed by atoms with van der Waals surface area (Å²) in [6.45, 7) is 0.634. The maximum Gasteiger partial charge on any atom is 0.416 e. The second kappa shape index (κ2) is 6.69. The lowest BCUT2D eigenvalue weighted by molar-refractivity contribution is -0.144. The minimum Gasteiger partial charge on any atom is -0.480 e. The molecule has 1 atom stereocenters. The van der Waals surface area contributed by atoms with Crippen LogP contribution < -0.4 is 0 Å². The molecule has 1 aliphatic heterocycles. The quantitative estimate of drug-likeness (QED) is 0.873. The summed E-state index contributed by atoms with van der Waals surface area (Å²) in [4.78, 5) is 13.3. The molecule has 3 rings (SSSR count). The van der Waals surface area contributed by atoms with Crippen LogP contribution in [0.1, 0.15) is 22.3 Å². The lowest BCUT2D eigenvalue weighted by atomic mass is 9.93. The Hall–Kier alpha value is -2.05. The predicted octanol–water partition coefficient (Wildman–Crippen LogP) is 4.37. The van der Waals surface area contributed by atoms with Crippen LogP contribution in [0.3, 0.4) is 0 Å². The molecule has 25 heavy (non-hydrogen) atoms. The zero-order chi connectivity index (χ0) is 18.2. The molecule has 7 heteroatoms. The summed E-state index contributed by atoms with van der Waals surface area (Å²) < 4.78 is 37.9. The molecule has 0 bridgehead atoms. The summed E-state index contributed by atoms with van der Waals surface area (Å²) in [5.41, 5.74) is 1.78. The van der Waals surface area contributed by atoms with Crippen LogP contribution >= 0.6 is 11.6 Å². The minimum absolute atomic E-state index is 0.251. The van der Waals surface area contributed by atoms with E-state index in [-0.39, 0.29) is 6.54 Å². The molecule has 0 unspecified atom stereocenters. The van der Waals surface area contributed by atoms with E-state index in [0.29, 0.717) is 23.6 Å². The van der Waals surface area contributed by atoms with Crippen LogP contribution in [0.25, 0.3) is 0 Å². The second-order valence-electron chi connectivity index (χ2n) is 6.07. The number of nitrogens with zero attached hydrogens (tertiary/aromatic N) is 1. The standard InChI is InChI=1S/C18H15ClF3NO2/c19-15-6-3-12-8-16(17(24)25)23(10-13(12)7-15)9-11-1-4-14(5-2-11)18(20,21)22/h1-7,16H,8-10H2,(H,24,25)/t16-/m1/s1. The SMILES string of the molecule is O=C(O)[C@H]1Cc2ccc(Cl)cc2CN1Cc1ccc(C(F)(F)F)cc1. The van der Waals surface area contributed by atoms with Gasteiger partial charge in [0.15, 0.2) is 0 Å². The fourth-order valence-corrected chi connectivity index (χ4v) is 3.25. The maximum absolute atomic E-state index is 12.6. The highest BCUT2D eigenvalue weighted by Crippen LogP contribution is 2.30. The van der Waals surface area contributed by atoms with Gasteiger partial charge >= 0.3 is 12.1 Å². The largest absolute Gasteiger partial charge is 0.480 e. The van der Waals surface area contributed by atoms with E-state index in [1.54, 1.807) is 17.0 Å². The highest BCUT2D eigenvalue weighted by Gasteiger charge is 2.32. The molecule has 0 saturated carbocycles. The first kappa shape index (κ1) is 17.8. The molecule has 132 valence electrons. The van der Waals surface area contributed by atoms with Crippen LogP contribution in [-0.2, 0) is 30.5 Å². The van der Waals surface area contributed by atoms with Crippen molar-refractivity contribution in [2.75, 3.05) is 0 Å². The third kappa shape index (κ3) is 3.96. The zero-order valence-corrected chi connectivity index (χ0v) is 13.8. The Morgan fingerprint density at radius 1 is 1.16 bits per heavy atom. The van der Waals surface area contributed by atoms with Crippen molar-refractivity contribution >= 4 is 17.6 Å². The van der Waals surface area contributed by atoms with E-state index in [0.717, 1.165) is 23.3 Å². The monoisotopic (exact) mass is 369 g/mol. The number of halogens is 4. The number of carboxylic acids is 1. The molecule has 0 radical (unpaired) electrons. The second-order valence-corrected chi connectivity index (χ2v) is 6.51. The first-order valence-electron chi connectivity index (χ1n) is 7.64. The van der Waals surface area contributed by atoms with Crippen LogP contribution in [0.5, 0.6) is 0 Å². The highest BCUT2D eigenvalue weighted by atomic mass is 35.5. The number of rotatable bonds is 3. The Kier molecular flexibility index (Phi) is 4.75. The first-order chi connectivity index (χ1) is 11.7. The molecular weight excluding hydrogens is 355 g/mol. The number of alkyl halides is 3. The van der Waals surface area contributed by atoms with E-state index < -0.39 is 23.8 Å². The Balaban J connectivity index is 1.83. The van der Waals surface area contributed by atoms with Crippen molar-refractivity contribution in [1.29, 1.82) is 0 Å². The van der Waals surface area contributed by atoms with Gasteiger partial charge in [0, 0.05) is 18.1 Å². The fourth-order valence-electron chi connectivity index (χ4n) is 3.05. The van der Waals surface area contributed by atoms with Gasteiger partial charge in [0.1, 0.15) is 6.04 Å². The normalized spacial score (nSPS) is 18.0. The molecule has 1 heterocycles. The van der Waals surface area contributed by atoms with Crippen LogP contribution in [0, 0.1) is 0 Å². The fraction of sp³-hybridized carbons (Fsp3) is 0.278. The maximum atomic E-state index is 12.6. The molecule has 0 aliphatic carbocycles. The van der Waals surface area contributed by atoms with Crippen LogP contribution in [0.15, 0.2) is 42.5 Å². The van der Waals surface area contributed by atoms with Crippen molar-refractivity contribution in [3.05, 3.63) is 69.7 Å². The first-order valence-corrected chi connectivity index (χ1v) is 8.02. The van der Waals surface area contributed by atoms with E-state index in [1.165, 1.54) is 12.1 Å². The summed E-state index contributed by atoms with van der Waals surface area (Å²) in [6, 6.07) is 9.42. The van der Waals surface area contributed by atoms with Gasteiger partial charge in [-0.2, -0.15) is 13.2 Å². The average Bonchev–Trinajstić information content (AvgIpc) is 2.53. The van der Waals surface area contributed by atoms with Crippen molar-refractivity contribution in [3.8, 4) is 0 Å². The van der Waals surface area contributed by atoms with Crippen molar-refractivity contribution < 1.29 is 23.1 Å². The molecule has 0 aromatic heterocycles. The van der Waals surface area contributed by atoms with E-state index >= 15 is 0 Å². The third-order valence-electron chi connectivity index (χ3n) is 4.35. The van der Waals surface area contributed by atoms with Gasteiger partial charge in [-0.25, -0.2) is 0 Å². The van der Waals surface area contributed by atoms with Crippen LogP contribution in [0.4, 0.5) is 13.2 Å². The van der Waals surface area contributed by atoms with Gasteiger partial charge in [0.25, 0.3) is 0 Å². The zero-order valence-electron chi connectivity index (χ0n) is 13.1. The molecule has 2 aromatic carbocycles. The van der Waals surface area contributed by atoms with E-state index in [2.05, 4.69) is 0 Å². The van der Waals surface area contributed by atoms with Crippen molar-refractivity contribution in [1.82, 2.24) is 4.90 Å². The highest BCUT2D eigenvalue weighted by molar-refractivity contribution is 6.30. The molecule has 0 amide bonds. The summed E-state index contributed by atoms with van der Waals surface area (Å²) in [5, 5.41) is 10.1. The molecule has 1 N–H and O–H groups in total. The lowest BCUT2D eigenvalue weighted by Gasteiger charge is -2.34. The number of carbonyl (C=O) groups is 1. The van der Waals surface area contributed by atoms with Gasteiger partial charge in [0.05, 0.1) is 5.56 Å². The number of hydrogen-bond donors (Lipinski definition) is 1. The van der Waals surface area contributed by atoms with Crippen LogP contribution in [0.2, 0.25) is 5.02 Å². The molecule has 0 fully saturated rings. The average molecular weight is 370 g/mol. The summed E-state index contributed by atoms with van der Waals surface area (Å²) in [6.07, 6.45) is -4.05. The van der Waals surface area contributed by atoms with E-state index in [1.807, 2.05) is 6.07 Å². The minimum atomic E-state index is -4.39. The van der Waals surface area contributed by atoms with Crippen molar-refractivity contribution in [2.45, 2.75) is 31.7 Å². The Morgan fingerprint density at radius 2 is 1.84 bits per heavy atom. The summed E-state index contributed by atoms with van der Waals surface area (Å²) in [7, 11) is 0. The number of carboxylic acid groups (broad SMARTS) is 1. The van der Waals surface area contributed by atoms with Gasteiger partial charge in [-0.1, -0.05) is 29.8 Å². The molecule has 1 aliphatic rings. The predicted molar refractivity (Wildman–Crippen MR) is 87.3 cm³/mol. The Morgan fingerprint density at radius 3 is 2.44 bits per heavy atom. The Bertz CT molecular complexity index is 790. The van der Waals surface area contributed by atoms with Gasteiger partial charge in [-0.05, 0) is 47.4 Å². The topological polar surface area (TPSA) is 40.5 Å². The van der Waals surface area contributed by atoms with Gasteiger partial charge in [-0.3, -0.25) is 9.69 Å². The molecular formula is C18H15ClF3NO2. The van der Waals surface area contributed by atoms with Crippen LogP contribution in [-0.4, -0.2) is 22.0 Å². The van der Waals surface area contributed by atoms with Crippen molar-refractivity contribution in [2.24, 2.45) is 0 Å². The van der Waals surface area contributed by atoms with Crippen molar-refractivity contribution in [3.63, 3.8) is 0 Å². The van der Waals surface area contributed by atoms with E-state index in [9.17, 15) is 23.1 Å². The molecule has 2 aromatic rings. The molecule has 3 nitrogen and oxygen atoms in total. The van der Waals surface area contributed by atoms with Gasteiger partial charge in [0.2, 0.25) is 0 Å². The van der Waals surface area contributed by atoms with Gasteiger partial charge < -0.3 is 5.11 Å². The third-order valence-corrected chi connectivity index (χ3v) is 4.58. The number of fused-ring (bicyclic) bond motifs is 1. The Labute approximate surface area is 147 Å². The van der Waals surface area contributed by atoms with E-state index in [4.69, 9.17) is 11.6 Å². The number of aliphatic carboxylic acids is 1. The number of hydrogen-bond acceptors (Lipinski definition) is 2. The summed E-state index contributed by atoms with van der Waals surface area (Å²) in [5.74, 6) is -0.951. The smallest absolute Gasteiger partial charge is 0.416 e. The molecule has 0 saturated heterocycles. The number of benzene rings is 2. The molecule has 0 spiro atoms.